The van der Waals surface area contributed by atoms with Crippen LogP contribution in [-0.2, 0) is 48.3 Å². The zero-order valence-electron chi connectivity index (χ0n) is 21.4. The van der Waals surface area contributed by atoms with Crippen LogP contribution in [0.4, 0.5) is 0 Å². The molecule has 1 aromatic carbocycles. The molecule has 0 N–H and O–H groups in total. The van der Waals surface area contributed by atoms with Crippen molar-refractivity contribution in [2.45, 2.75) is 95.6 Å². The molecule has 0 radical (unpaired) electrons. The van der Waals surface area contributed by atoms with Crippen molar-refractivity contribution < 1.29 is 42.9 Å². The van der Waals surface area contributed by atoms with Crippen LogP contribution in [0.3, 0.4) is 0 Å². The molecule has 0 amide bonds. The van der Waals surface area contributed by atoms with Gasteiger partial charge in [0, 0.05) is 32.6 Å². The molecular weight excluding hydrogens is 476 g/mol. The summed E-state index contributed by atoms with van der Waals surface area (Å²) in [6.07, 6.45) is -4.42. The highest BCUT2D eigenvalue weighted by molar-refractivity contribution is 7.99. The predicted molar refractivity (Wildman–Crippen MR) is 128 cm³/mol. The van der Waals surface area contributed by atoms with Gasteiger partial charge in [-0.1, -0.05) is 44.7 Å². The van der Waals surface area contributed by atoms with Crippen LogP contribution >= 0.6 is 11.8 Å². The molecule has 2 rings (SSSR count). The van der Waals surface area contributed by atoms with Crippen molar-refractivity contribution in [2.24, 2.45) is 0 Å². The summed E-state index contributed by atoms with van der Waals surface area (Å²) in [5.74, 6) is -2.50. The minimum atomic E-state index is -1.18. The van der Waals surface area contributed by atoms with E-state index in [9.17, 15) is 19.2 Å². The van der Waals surface area contributed by atoms with Crippen LogP contribution in [0.5, 0.6) is 0 Å². The number of thioether (sulfide) groups is 1. The second-order valence-electron chi connectivity index (χ2n) is 9.42. The summed E-state index contributed by atoms with van der Waals surface area (Å²) in [7, 11) is 0. The summed E-state index contributed by atoms with van der Waals surface area (Å²) in [6, 6.07) is 6.08. The van der Waals surface area contributed by atoms with E-state index in [1.54, 1.807) is 0 Å². The molecule has 0 aliphatic carbocycles. The Morgan fingerprint density at radius 1 is 0.857 bits per heavy atom. The second-order valence-corrected chi connectivity index (χ2v) is 10.6. The number of benzene rings is 1. The van der Waals surface area contributed by atoms with Crippen molar-refractivity contribution in [3.8, 4) is 0 Å². The first-order valence-corrected chi connectivity index (χ1v) is 12.1. The second kappa shape index (κ2) is 11.9. The Hall–Kier alpha value is -2.59. The lowest BCUT2D eigenvalue weighted by atomic mass is 9.87. The average molecular weight is 511 g/mol. The lowest BCUT2D eigenvalue weighted by Crippen LogP contribution is -2.61. The number of hydrogen-bond acceptors (Lipinski definition) is 10. The van der Waals surface area contributed by atoms with Gasteiger partial charge in [-0.2, -0.15) is 0 Å². The van der Waals surface area contributed by atoms with E-state index in [0.717, 1.165) is 16.0 Å². The van der Waals surface area contributed by atoms with Gasteiger partial charge in [-0.15, -0.1) is 0 Å². The third-order valence-corrected chi connectivity index (χ3v) is 6.55. The third kappa shape index (κ3) is 8.24. The van der Waals surface area contributed by atoms with E-state index in [1.165, 1.54) is 39.5 Å². The summed E-state index contributed by atoms with van der Waals surface area (Å²) in [6.45, 7) is 12.8. The number of carbonyl (C=O) groups is 4. The summed E-state index contributed by atoms with van der Waals surface area (Å²) in [5, 5.41) is 0. The maximum absolute atomic E-state index is 12.0. The van der Waals surface area contributed by atoms with Crippen molar-refractivity contribution in [3.05, 3.63) is 29.3 Å². The van der Waals surface area contributed by atoms with Gasteiger partial charge < -0.3 is 23.7 Å². The van der Waals surface area contributed by atoms with Crippen molar-refractivity contribution in [1.82, 2.24) is 0 Å². The highest BCUT2D eigenvalue weighted by Gasteiger charge is 2.52. The van der Waals surface area contributed by atoms with Crippen LogP contribution in [0.25, 0.3) is 0 Å². The zero-order valence-corrected chi connectivity index (χ0v) is 22.2. The Bertz CT molecular complexity index is 953. The highest BCUT2D eigenvalue weighted by Crippen LogP contribution is 2.40. The molecule has 9 nitrogen and oxygen atoms in total. The number of carbonyl (C=O) groups excluding carboxylic acids is 4. The van der Waals surface area contributed by atoms with Crippen LogP contribution in [-0.4, -0.2) is 60.3 Å². The topological polar surface area (TPSA) is 114 Å². The SMILES string of the molecule is CC(=O)OC[C@H]1O[C@H](Sc2cc(C(C)(C)C)ccc2C)[C@@H](OC(C)=O)[C@@H](OC(C)=O)[C@@H]1OC(C)=O. The average Bonchev–Trinajstić information content (AvgIpc) is 2.70. The molecular formula is C25H34O9S. The Labute approximate surface area is 210 Å². The molecule has 1 fully saturated rings. The minimum Gasteiger partial charge on any atom is -0.463 e. The zero-order chi connectivity index (χ0) is 26.5. The fourth-order valence-corrected chi connectivity index (χ4v) is 4.84. The monoisotopic (exact) mass is 510 g/mol. The smallest absolute Gasteiger partial charge is 0.303 e. The number of hydrogen-bond donors (Lipinski definition) is 0. The summed E-state index contributed by atoms with van der Waals surface area (Å²) < 4.78 is 27.8. The van der Waals surface area contributed by atoms with Crippen molar-refractivity contribution in [1.29, 1.82) is 0 Å². The normalized spacial score (nSPS) is 24.3. The van der Waals surface area contributed by atoms with Gasteiger partial charge in [0.05, 0.1) is 0 Å². The highest BCUT2D eigenvalue weighted by atomic mass is 32.2. The van der Waals surface area contributed by atoms with Gasteiger partial charge in [0.2, 0.25) is 0 Å². The molecule has 194 valence electrons. The molecule has 1 heterocycles. The first-order valence-electron chi connectivity index (χ1n) is 11.3. The predicted octanol–water partition coefficient (Wildman–Crippen LogP) is 3.47. The van der Waals surface area contributed by atoms with Crippen LogP contribution in [0, 0.1) is 6.92 Å². The van der Waals surface area contributed by atoms with E-state index in [0.29, 0.717) is 0 Å². The van der Waals surface area contributed by atoms with Gasteiger partial charge in [-0.3, -0.25) is 19.2 Å². The maximum atomic E-state index is 12.0. The minimum absolute atomic E-state index is 0.107. The molecule has 35 heavy (non-hydrogen) atoms. The Kier molecular flexibility index (Phi) is 9.74. The van der Waals surface area contributed by atoms with Crippen molar-refractivity contribution in [2.75, 3.05) is 6.61 Å². The largest absolute Gasteiger partial charge is 0.463 e. The van der Waals surface area contributed by atoms with Gasteiger partial charge in [-0.25, -0.2) is 0 Å². The van der Waals surface area contributed by atoms with Gasteiger partial charge in [0.15, 0.2) is 18.3 Å². The van der Waals surface area contributed by atoms with Gasteiger partial charge in [0.25, 0.3) is 0 Å². The number of esters is 4. The fourth-order valence-electron chi connectivity index (χ4n) is 3.60. The van der Waals surface area contributed by atoms with Crippen LogP contribution < -0.4 is 0 Å². The van der Waals surface area contributed by atoms with Crippen LogP contribution in [0.15, 0.2) is 23.1 Å². The van der Waals surface area contributed by atoms with E-state index < -0.39 is 53.7 Å². The van der Waals surface area contributed by atoms with E-state index >= 15 is 0 Å². The van der Waals surface area contributed by atoms with Crippen molar-refractivity contribution in [3.63, 3.8) is 0 Å². The molecule has 1 aliphatic rings. The molecule has 1 aromatic rings. The quantitative estimate of drug-likeness (QED) is 0.399. The summed E-state index contributed by atoms with van der Waals surface area (Å²) >= 11 is 1.29. The number of rotatable bonds is 7. The molecule has 10 heteroatoms. The lowest BCUT2D eigenvalue weighted by Gasteiger charge is -2.44. The Morgan fingerprint density at radius 2 is 1.40 bits per heavy atom. The molecule has 0 unspecified atom stereocenters. The van der Waals surface area contributed by atoms with Crippen molar-refractivity contribution >= 4 is 35.6 Å². The molecule has 0 aromatic heterocycles. The van der Waals surface area contributed by atoms with Crippen LogP contribution in [0.2, 0.25) is 0 Å². The number of ether oxygens (including phenoxy) is 5. The van der Waals surface area contributed by atoms with E-state index in [-0.39, 0.29) is 12.0 Å². The fraction of sp³-hybridized carbons (Fsp3) is 0.600. The van der Waals surface area contributed by atoms with Gasteiger partial charge >= 0.3 is 23.9 Å². The van der Waals surface area contributed by atoms with E-state index in [4.69, 9.17) is 23.7 Å². The summed E-state index contributed by atoms with van der Waals surface area (Å²) in [4.78, 5) is 48.2. The molecule has 1 saturated heterocycles. The molecule has 0 saturated carbocycles. The molecule has 5 atom stereocenters. The Morgan fingerprint density at radius 3 is 1.91 bits per heavy atom. The standard InChI is InChI=1S/C25H34O9S/c1-13-9-10-18(25(6,7)8)11-20(13)35-24-23(33-17(5)29)22(32-16(4)28)21(31-15(3)27)19(34-24)12-30-14(2)26/h9-11,19,21-24H,12H2,1-8H3/t19-,21-,22+,23+,24-/m1/s1. The van der Waals surface area contributed by atoms with E-state index in [2.05, 4.69) is 20.8 Å². The van der Waals surface area contributed by atoms with Gasteiger partial charge in [-0.05, 0) is 29.5 Å². The molecule has 0 spiro atoms. The number of aryl methyl sites for hydroxylation is 1. The molecule has 1 aliphatic heterocycles. The first kappa shape index (κ1) is 28.6. The first-order chi connectivity index (χ1) is 16.2. The van der Waals surface area contributed by atoms with E-state index in [1.807, 2.05) is 25.1 Å². The van der Waals surface area contributed by atoms with Gasteiger partial charge in [0.1, 0.15) is 18.1 Å². The maximum Gasteiger partial charge on any atom is 0.303 e. The third-order valence-electron chi connectivity index (χ3n) is 5.25. The van der Waals surface area contributed by atoms with Crippen LogP contribution in [0.1, 0.15) is 59.6 Å². The summed E-state index contributed by atoms with van der Waals surface area (Å²) in [5.41, 5.74) is 1.10. The molecule has 0 bridgehead atoms. The lowest BCUT2D eigenvalue weighted by molar-refractivity contribution is -0.237. The Balaban J connectivity index is 2.54.